The first-order chi connectivity index (χ1) is 9.10. The van der Waals surface area contributed by atoms with E-state index in [1.807, 2.05) is 31.2 Å². The third kappa shape index (κ3) is 3.27. The van der Waals surface area contributed by atoms with Crippen LogP contribution in [0, 0.1) is 24.1 Å². The van der Waals surface area contributed by atoms with Crippen molar-refractivity contribution in [3.63, 3.8) is 0 Å². The van der Waals surface area contributed by atoms with E-state index >= 15 is 0 Å². The lowest BCUT2D eigenvalue weighted by Crippen LogP contribution is -1.99. The van der Waals surface area contributed by atoms with Crippen LogP contribution in [0.2, 0.25) is 0 Å². The van der Waals surface area contributed by atoms with Crippen molar-refractivity contribution >= 4 is 10.8 Å². The molecule has 0 aliphatic carbocycles. The molecule has 0 aliphatic heterocycles. The monoisotopic (exact) mass is 273 g/mol. The Kier molecular flexibility index (Phi) is 4.08. The van der Waals surface area contributed by atoms with Crippen LogP contribution >= 0.6 is 0 Å². The number of halogens is 1. The fourth-order valence-corrected chi connectivity index (χ4v) is 3.12. The average Bonchev–Trinajstić information content (AvgIpc) is 2.38. The minimum absolute atomic E-state index is 0.206. The Hall–Kier alpha value is -1.99. The predicted octanol–water partition coefficient (Wildman–Crippen LogP) is 3.31. The molecule has 0 fully saturated rings. The van der Waals surface area contributed by atoms with Gasteiger partial charge in [-0.3, -0.25) is 4.21 Å². The molecule has 0 N–H and O–H groups in total. The smallest absolute Gasteiger partial charge is 0.124 e. The average molecular weight is 273 g/mol. The summed E-state index contributed by atoms with van der Waals surface area (Å²) in [7, 11) is -1.24. The molecule has 2 nitrogen and oxygen atoms in total. The molecule has 1 atom stereocenters. The van der Waals surface area contributed by atoms with Gasteiger partial charge in [-0.15, -0.1) is 0 Å². The van der Waals surface area contributed by atoms with Crippen molar-refractivity contribution in [2.45, 2.75) is 17.6 Å². The maximum atomic E-state index is 13.3. The summed E-state index contributed by atoms with van der Waals surface area (Å²) in [6.45, 7) is 1.89. The van der Waals surface area contributed by atoms with Crippen LogP contribution in [0.5, 0.6) is 0 Å². The van der Waals surface area contributed by atoms with E-state index in [4.69, 9.17) is 5.26 Å². The molecular weight excluding hydrogens is 261 g/mol. The van der Waals surface area contributed by atoms with Crippen molar-refractivity contribution < 1.29 is 8.60 Å². The van der Waals surface area contributed by atoms with Crippen molar-refractivity contribution in [1.82, 2.24) is 0 Å². The molecule has 0 radical (unpaired) electrons. The molecule has 2 rings (SSSR count). The van der Waals surface area contributed by atoms with E-state index in [1.54, 1.807) is 12.1 Å². The van der Waals surface area contributed by atoms with Gasteiger partial charge in [0.25, 0.3) is 0 Å². The second-order valence-electron chi connectivity index (χ2n) is 4.22. The highest BCUT2D eigenvalue weighted by atomic mass is 32.2. The van der Waals surface area contributed by atoms with Crippen LogP contribution in [-0.4, -0.2) is 4.21 Å². The Bertz CT molecular complexity index is 676. The minimum atomic E-state index is -1.24. The van der Waals surface area contributed by atoms with Gasteiger partial charge in [-0.1, -0.05) is 18.2 Å². The summed E-state index contributed by atoms with van der Waals surface area (Å²) in [5.74, 6) is -0.270. The molecule has 4 heteroatoms. The van der Waals surface area contributed by atoms with Gasteiger partial charge in [-0.25, -0.2) is 4.39 Å². The summed E-state index contributed by atoms with van der Waals surface area (Å²) in [4.78, 5) is 0.741. The van der Waals surface area contributed by atoms with Gasteiger partial charge in [0.05, 0.1) is 28.2 Å². The van der Waals surface area contributed by atoms with Gasteiger partial charge in [0.1, 0.15) is 5.82 Å². The standard InChI is InChI=1S/C15H12FNOS/c1-11-4-2-3-5-15(11)19(18)10-13-6-12(9-17)7-14(16)8-13/h2-8H,10H2,1H3. The topological polar surface area (TPSA) is 40.9 Å². The predicted molar refractivity (Wildman–Crippen MR) is 72.4 cm³/mol. The highest BCUT2D eigenvalue weighted by Gasteiger charge is 2.09. The van der Waals surface area contributed by atoms with E-state index in [-0.39, 0.29) is 11.3 Å². The first-order valence-electron chi connectivity index (χ1n) is 5.74. The SMILES string of the molecule is Cc1ccccc1S(=O)Cc1cc(F)cc(C#N)c1. The lowest BCUT2D eigenvalue weighted by molar-refractivity contribution is 0.625. The number of rotatable bonds is 3. The van der Waals surface area contributed by atoms with E-state index in [2.05, 4.69) is 0 Å². The minimum Gasteiger partial charge on any atom is -0.254 e. The maximum absolute atomic E-state index is 13.3. The van der Waals surface area contributed by atoms with E-state index in [9.17, 15) is 8.60 Å². The summed E-state index contributed by atoms with van der Waals surface area (Å²) in [6, 6.07) is 13.3. The van der Waals surface area contributed by atoms with Crippen LogP contribution in [0.3, 0.4) is 0 Å². The summed E-state index contributed by atoms with van der Waals surface area (Å²) >= 11 is 0. The highest BCUT2D eigenvalue weighted by molar-refractivity contribution is 7.84. The van der Waals surface area contributed by atoms with Crippen LogP contribution in [0.4, 0.5) is 4.39 Å². The molecule has 96 valence electrons. The van der Waals surface area contributed by atoms with Crippen LogP contribution in [0.25, 0.3) is 0 Å². The number of benzene rings is 2. The van der Waals surface area contributed by atoms with Gasteiger partial charge in [-0.05, 0) is 42.3 Å². The quantitative estimate of drug-likeness (QED) is 0.860. The largest absolute Gasteiger partial charge is 0.254 e. The van der Waals surface area contributed by atoms with E-state index in [1.165, 1.54) is 12.1 Å². The molecule has 0 amide bonds. The molecular formula is C15H12FNOS. The van der Waals surface area contributed by atoms with Crippen molar-refractivity contribution in [2.75, 3.05) is 0 Å². The third-order valence-electron chi connectivity index (χ3n) is 2.72. The van der Waals surface area contributed by atoms with E-state index in [0.717, 1.165) is 10.5 Å². The molecule has 2 aromatic rings. The van der Waals surface area contributed by atoms with Crippen LogP contribution < -0.4 is 0 Å². The number of nitriles is 1. The van der Waals surface area contributed by atoms with Crippen molar-refractivity contribution in [3.8, 4) is 6.07 Å². The fraction of sp³-hybridized carbons (Fsp3) is 0.133. The molecule has 0 aromatic heterocycles. The molecule has 0 heterocycles. The molecule has 0 aliphatic rings. The Morgan fingerprint density at radius 3 is 2.68 bits per heavy atom. The lowest BCUT2D eigenvalue weighted by atomic mass is 10.1. The lowest BCUT2D eigenvalue weighted by Gasteiger charge is -2.06. The van der Waals surface area contributed by atoms with Gasteiger partial charge in [-0.2, -0.15) is 5.26 Å². The molecule has 19 heavy (non-hydrogen) atoms. The van der Waals surface area contributed by atoms with Gasteiger partial charge < -0.3 is 0 Å². The number of hydrogen-bond donors (Lipinski definition) is 0. The molecule has 0 spiro atoms. The Morgan fingerprint density at radius 2 is 2.00 bits per heavy atom. The van der Waals surface area contributed by atoms with Crippen LogP contribution in [0.1, 0.15) is 16.7 Å². The first-order valence-corrected chi connectivity index (χ1v) is 7.05. The number of nitrogens with zero attached hydrogens (tertiary/aromatic N) is 1. The Morgan fingerprint density at radius 1 is 1.26 bits per heavy atom. The first kappa shape index (κ1) is 13.4. The summed E-state index contributed by atoms with van der Waals surface area (Å²) in [5.41, 5.74) is 1.76. The molecule has 2 aromatic carbocycles. The molecule has 0 saturated heterocycles. The van der Waals surface area contributed by atoms with Crippen molar-refractivity contribution in [3.05, 3.63) is 65.0 Å². The van der Waals surface area contributed by atoms with Crippen molar-refractivity contribution in [2.24, 2.45) is 0 Å². The Labute approximate surface area is 114 Å². The maximum Gasteiger partial charge on any atom is 0.124 e. The van der Waals surface area contributed by atoms with Crippen LogP contribution in [-0.2, 0) is 16.6 Å². The second-order valence-corrected chi connectivity index (χ2v) is 5.63. The van der Waals surface area contributed by atoms with Crippen LogP contribution in [0.15, 0.2) is 47.4 Å². The second kappa shape index (κ2) is 5.77. The molecule has 0 saturated carbocycles. The number of hydrogen-bond acceptors (Lipinski definition) is 2. The number of aryl methyl sites for hydroxylation is 1. The van der Waals surface area contributed by atoms with E-state index < -0.39 is 16.6 Å². The van der Waals surface area contributed by atoms with Crippen molar-refractivity contribution in [1.29, 1.82) is 5.26 Å². The zero-order chi connectivity index (χ0) is 13.8. The molecule has 1 unspecified atom stereocenters. The summed E-state index contributed by atoms with van der Waals surface area (Å²) in [6.07, 6.45) is 0. The zero-order valence-corrected chi connectivity index (χ0v) is 11.2. The highest BCUT2D eigenvalue weighted by Crippen LogP contribution is 2.17. The van der Waals surface area contributed by atoms with Gasteiger partial charge in [0.15, 0.2) is 0 Å². The normalized spacial score (nSPS) is 11.8. The fourth-order valence-electron chi connectivity index (χ4n) is 1.84. The summed E-state index contributed by atoms with van der Waals surface area (Å²) in [5, 5.41) is 8.79. The third-order valence-corrected chi connectivity index (χ3v) is 4.27. The van der Waals surface area contributed by atoms with Gasteiger partial charge in [0.2, 0.25) is 0 Å². The Balaban J connectivity index is 2.27. The summed E-state index contributed by atoms with van der Waals surface area (Å²) < 4.78 is 25.5. The molecule has 0 bridgehead atoms. The van der Waals surface area contributed by atoms with Gasteiger partial charge in [0, 0.05) is 4.90 Å². The zero-order valence-electron chi connectivity index (χ0n) is 10.4. The van der Waals surface area contributed by atoms with Gasteiger partial charge >= 0.3 is 0 Å². The van der Waals surface area contributed by atoms with E-state index in [0.29, 0.717) is 5.56 Å².